The molecular formula is C23H29N6O2+. The predicted molar refractivity (Wildman–Crippen MR) is 122 cm³/mol. The molecule has 1 aromatic heterocycles. The first-order chi connectivity index (χ1) is 15.1. The Morgan fingerprint density at radius 2 is 1.94 bits per heavy atom. The number of amides is 1. The van der Waals surface area contributed by atoms with Gasteiger partial charge in [0.25, 0.3) is 11.5 Å². The highest BCUT2D eigenvalue weighted by molar-refractivity contribution is 6.04. The number of aromatic nitrogens is 1. The van der Waals surface area contributed by atoms with E-state index in [0.717, 1.165) is 30.2 Å². The number of piperidine rings is 1. The van der Waals surface area contributed by atoms with Crippen LogP contribution in [-0.2, 0) is 0 Å². The summed E-state index contributed by atoms with van der Waals surface area (Å²) in [6.07, 6.45) is 11.2. The second-order valence-corrected chi connectivity index (χ2v) is 7.74. The van der Waals surface area contributed by atoms with Crippen molar-refractivity contribution in [2.75, 3.05) is 30.4 Å². The molecule has 8 nitrogen and oxygen atoms in total. The maximum absolute atomic E-state index is 12.7. The minimum absolute atomic E-state index is 0.122. The molecule has 1 fully saturated rings. The van der Waals surface area contributed by atoms with Crippen molar-refractivity contribution in [2.45, 2.75) is 25.3 Å². The van der Waals surface area contributed by atoms with Crippen LogP contribution in [0.2, 0.25) is 0 Å². The number of carbonyl (C=O) groups excluding carboxylic acids is 1. The van der Waals surface area contributed by atoms with Crippen molar-refractivity contribution in [3.05, 3.63) is 82.1 Å². The lowest BCUT2D eigenvalue weighted by molar-refractivity contribution is -0.679. The molecule has 162 valence electrons. The Labute approximate surface area is 181 Å². The standard InChI is InChI=1S/C23H28N6O2/c1-24-28-21-7-5-6-19(26-21)17-14-20(23(31)25-15-17)27-22(30)16-8-10-18(11-9-16)29-12-3-2-4-13-29/h5-11,14-15,19,24,26,28H,2-4,12-13H2,1H3,(H,25,31)(H,27,30)/p+1. The SMILES string of the molecule is C[NH2+]NC1=CC=CC(c2c[nH]c(=O)c(NC(=O)c3ccc(N4CCCCC4)cc3)c2)N1. The Hall–Kier alpha value is -3.52. The predicted octanol–water partition coefficient (Wildman–Crippen LogP) is 1.36. The summed E-state index contributed by atoms with van der Waals surface area (Å²) >= 11 is 0. The molecule has 1 saturated heterocycles. The maximum Gasteiger partial charge on any atom is 0.271 e. The van der Waals surface area contributed by atoms with Crippen LogP contribution in [0.5, 0.6) is 0 Å². The van der Waals surface area contributed by atoms with Crippen molar-refractivity contribution < 1.29 is 10.2 Å². The van der Waals surface area contributed by atoms with Gasteiger partial charge in [-0.2, -0.15) is 0 Å². The van der Waals surface area contributed by atoms with E-state index in [-0.39, 0.29) is 23.2 Å². The Balaban J connectivity index is 1.46. The van der Waals surface area contributed by atoms with Gasteiger partial charge in [0.2, 0.25) is 0 Å². The number of nitrogens with two attached hydrogens (primary N) is 1. The lowest BCUT2D eigenvalue weighted by Gasteiger charge is -2.28. The molecule has 1 aromatic carbocycles. The fourth-order valence-electron chi connectivity index (χ4n) is 3.91. The van der Waals surface area contributed by atoms with Crippen LogP contribution in [0.3, 0.4) is 0 Å². The summed E-state index contributed by atoms with van der Waals surface area (Å²) in [6, 6.07) is 9.16. The Morgan fingerprint density at radius 3 is 2.68 bits per heavy atom. The number of hydrogen-bond acceptors (Lipinski definition) is 5. The molecule has 1 atom stereocenters. The number of nitrogens with one attached hydrogen (secondary N) is 4. The molecule has 8 heteroatoms. The Kier molecular flexibility index (Phi) is 6.37. The van der Waals surface area contributed by atoms with Crippen molar-refractivity contribution in [1.29, 1.82) is 0 Å². The fraction of sp³-hybridized carbons (Fsp3) is 0.304. The monoisotopic (exact) mass is 421 g/mol. The first-order valence-electron chi connectivity index (χ1n) is 10.7. The number of rotatable bonds is 6. The molecule has 2 aliphatic heterocycles. The second-order valence-electron chi connectivity index (χ2n) is 7.74. The van der Waals surface area contributed by atoms with Crippen LogP contribution in [0, 0.1) is 0 Å². The minimum atomic E-state index is -0.336. The average Bonchev–Trinajstić information content (AvgIpc) is 2.81. The van der Waals surface area contributed by atoms with E-state index in [1.807, 2.05) is 55.0 Å². The molecule has 0 spiro atoms. The van der Waals surface area contributed by atoms with Gasteiger partial charge in [0, 0.05) is 30.5 Å². The molecule has 1 unspecified atom stereocenters. The van der Waals surface area contributed by atoms with E-state index >= 15 is 0 Å². The third-order valence-corrected chi connectivity index (χ3v) is 5.56. The smallest absolute Gasteiger partial charge is 0.271 e. The van der Waals surface area contributed by atoms with Crippen LogP contribution in [0.15, 0.2) is 65.4 Å². The molecule has 0 aliphatic carbocycles. The van der Waals surface area contributed by atoms with E-state index in [1.165, 1.54) is 19.3 Å². The van der Waals surface area contributed by atoms with Crippen LogP contribution in [0.25, 0.3) is 0 Å². The highest BCUT2D eigenvalue weighted by atomic mass is 16.2. The zero-order valence-corrected chi connectivity index (χ0v) is 17.7. The first-order valence-corrected chi connectivity index (χ1v) is 10.7. The van der Waals surface area contributed by atoms with Crippen molar-refractivity contribution in [1.82, 2.24) is 15.7 Å². The quantitative estimate of drug-likeness (QED) is 0.358. The molecule has 0 bridgehead atoms. The zero-order valence-electron chi connectivity index (χ0n) is 17.7. The van der Waals surface area contributed by atoms with Crippen molar-refractivity contribution >= 4 is 17.3 Å². The van der Waals surface area contributed by atoms with Gasteiger partial charge in [-0.05, 0) is 61.2 Å². The van der Waals surface area contributed by atoms with Gasteiger partial charge in [-0.15, -0.1) is 0 Å². The number of anilines is 2. The first kappa shape index (κ1) is 20.7. The molecule has 6 N–H and O–H groups in total. The summed E-state index contributed by atoms with van der Waals surface area (Å²) in [5.74, 6) is 0.559. The summed E-state index contributed by atoms with van der Waals surface area (Å²) in [5.41, 5.74) is 7.35. The molecule has 4 rings (SSSR count). The number of dihydropyridines is 1. The summed E-state index contributed by atoms with van der Waals surface area (Å²) < 4.78 is 0. The van der Waals surface area contributed by atoms with Crippen LogP contribution in [0.4, 0.5) is 11.4 Å². The summed E-state index contributed by atoms with van der Waals surface area (Å²) in [5, 5.41) is 6.09. The van der Waals surface area contributed by atoms with Crippen molar-refractivity contribution in [3.8, 4) is 0 Å². The largest absolute Gasteiger partial charge is 0.372 e. The summed E-state index contributed by atoms with van der Waals surface area (Å²) in [6.45, 7) is 2.11. The van der Waals surface area contributed by atoms with E-state index in [0.29, 0.717) is 5.56 Å². The lowest BCUT2D eigenvalue weighted by atomic mass is 10.1. The normalized spacial score (nSPS) is 18.2. The second kappa shape index (κ2) is 9.53. The van der Waals surface area contributed by atoms with E-state index in [1.54, 1.807) is 12.3 Å². The number of pyridine rings is 1. The third kappa shape index (κ3) is 4.97. The maximum atomic E-state index is 12.7. The Morgan fingerprint density at radius 1 is 1.16 bits per heavy atom. The van der Waals surface area contributed by atoms with Crippen LogP contribution >= 0.6 is 0 Å². The Bertz CT molecular complexity index is 1030. The number of benzene rings is 1. The van der Waals surface area contributed by atoms with Gasteiger partial charge in [0.05, 0.1) is 13.1 Å². The number of aromatic amines is 1. The van der Waals surface area contributed by atoms with Gasteiger partial charge in [-0.1, -0.05) is 12.2 Å². The van der Waals surface area contributed by atoms with Crippen LogP contribution < -0.4 is 31.9 Å². The number of H-pyrrole nitrogens is 1. The number of quaternary nitrogens is 1. The number of nitrogens with zero attached hydrogens (tertiary/aromatic N) is 1. The van der Waals surface area contributed by atoms with Gasteiger partial charge < -0.3 is 20.5 Å². The van der Waals surface area contributed by atoms with Gasteiger partial charge in [0.1, 0.15) is 11.5 Å². The molecular weight excluding hydrogens is 392 g/mol. The molecule has 1 amide bonds. The molecule has 2 aliphatic rings. The number of allylic oxidation sites excluding steroid dienone is 2. The van der Waals surface area contributed by atoms with E-state index < -0.39 is 0 Å². The summed E-state index contributed by atoms with van der Waals surface area (Å²) in [7, 11) is 1.91. The fourth-order valence-corrected chi connectivity index (χ4v) is 3.91. The molecule has 0 radical (unpaired) electrons. The van der Waals surface area contributed by atoms with Crippen molar-refractivity contribution in [3.63, 3.8) is 0 Å². The molecule has 31 heavy (non-hydrogen) atoms. The molecule has 2 aromatic rings. The number of carbonyl (C=O) groups is 1. The van der Waals surface area contributed by atoms with Gasteiger partial charge in [-0.3, -0.25) is 9.59 Å². The van der Waals surface area contributed by atoms with Gasteiger partial charge in [0.15, 0.2) is 0 Å². The van der Waals surface area contributed by atoms with Crippen molar-refractivity contribution in [2.24, 2.45) is 0 Å². The van der Waals surface area contributed by atoms with E-state index in [4.69, 9.17) is 0 Å². The van der Waals surface area contributed by atoms with Gasteiger partial charge >= 0.3 is 0 Å². The number of hydrogen-bond donors (Lipinski definition) is 5. The molecule has 0 saturated carbocycles. The van der Waals surface area contributed by atoms with Gasteiger partial charge in [-0.25, -0.2) is 10.9 Å². The molecule has 3 heterocycles. The van der Waals surface area contributed by atoms with E-state index in [2.05, 4.69) is 25.9 Å². The zero-order chi connectivity index (χ0) is 21.6. The van der Waals surface area contributed by atoms with Crippen LogP contribution in [-0.4, -0.2) is 31.0 Å². The summed E-state index contributed by atoms with van der Waals surface area (Å²) in [4.78, 5) is 30.1. The minimum Gasteiger partial charge on any atom is -0.372 e. The third-order valence-electron chi connectivity index (χ3n) is 5.56. The average molecular weight is 422 g/mol. The lowest BCUT2D eigenvalue weighted by Crippen LogP contribution is -2.89. The van der Waals surface area contributed by atoms with E-state index in [9.17, 15) is 9.59 Å². The van der Waals surface area contributed by atoms with Crippen LogP contribution in [0.1, 0.15) is 41.2 Å². The highest BCUT2D eigenvalue weighted by Crippen LogP contribution is 2.22. The topological polar surface area (TPSA) is 106 Å². The highest BCUT2D eigenvalue weighted by Gasteiger charge is 2.16.